The van der Waals surface area contributed by atoms with Crippen molar-refractivity contribution < 1.29 is 14.3 Å². The molecule has 0 radical (unpaired) electrons. The van der Waals surface area contributed by atoms with Crippen LogP contribution in [0.5, 0.6) is 11.5 Å². The highest BCUT2D eigenvalue weighted by Crippen LogP contribution is 2.34. The molecule has 0 saturated heterocycles. The molecule has 1 aromatic heterocycles. The summed E-state index contributed by atoms with van der Waals surface area (Å²) in [5.74, 6) is 1.74. The van der Waals surface area contributed by atoms with E-state index in [2.05, 4.69) is 9.88 Å². The Balaban J connectivity index is 1.40. The topological polar surface area (TPSA) is 65.4 Å². The lowest BCUT2D eigenvalue weighted by atomic mass is 10.1. The Morgan fingerprint density at radius 2 is 1.76 bits per heavy atom. The average molecular weight is 385 g/mol. The highest BCUT2D eigenvalue weighted by molar-refractivity contribution is 6.06. The molecule has 3 aromatic carbocycles. The van der Waals surface area contributed by atoms with Gasteiger partial charge in [0, 0.05) is 18.3 Å². The number of anilines is 1. The minimum Gasteiger partial charge on any atom is -0.486 e. The average Bonchev–Trinajstić information content (AvgIpc) is 3.10. The van der Waals surface area contributed by atoms with Crippen molar-refractivity contribution in [1.29, 1.82) is 0 Å². The van der Waals surface area contributed by atoms with E-state index < -0.39 is 0 Å². The van der Waals surface area contributed by atoms with Crippen LogP contribution in [0.4, 0.5) is 5.69 Å². The number of aryl methyl sites for hydroxylation is 1. The van der Waals surface area contributed by atoms with E-state index in [4.69, 9.17) is 14.5 Å². The van der Waals surface area contributed by atoms with E-state index >= 15 is 0 Å². The van der Waals surface area contributed by atoms with Gasteiger partial charge in [0.2, 0.25) is 0 Å². The van der Waals surface area contributed by atoms with Crippen LogP contribution in [0, 0.1) is 0 Å². The first-order valence-electron chi connectivity index (χ1n) is 9.42. The third-order valence-corrected chi connectivity index (χ3v) is 5.00. The SMILES string of the molecule is Cn1c(-c2ccc(NC(=O)c3cccc4c3OCCO4)cc2)nc2ccccc21. The molecule has 0 unspecified atom stereocenters. The summed E-state index contributed by atoms with van der Waals surface area (Å²) in [4.78, 5) is 17.5. The molecule has 0 aliphatic carbocycles. The van der Waals surface area contributed by atoms with E-state index in [1.165, 1.54) is 0 Å². The van der Waals surface area contributed by atoms with E-state index in [-0.39, 0.29) is 5.91 Å². The number of benzene rings is 3. The number of hydrogen-bond acceptors (Lipinski definition) is 4. The molecule has 1 N–H and O–H groups in total. The Morgan fingerprint density at radius 3 is 2.59 bits per heavy atom. The maximum atomic E-state index is 12.7. The lowest BCUT2D eigenvalue weighted by Gasteiger charge is -2.20. The molecule has 6 heteroatoms. The van der Waals surface area contributed by atoms with Gasteiger partial charge in [0.25, 0.3) is 5.91 Å². The Kier molecular flexibility index (Phi) is 4.17. The molecule has 0 spiro atoms. The molecule has 2 heterocycles. The number of aromatic nitrogens is 2. The molecule has 0 saturated carbocycles. The molecule has 29 heavy (non-hydrogen) atoms. The molecule has 0 bridgehead atoms. The third kappa shape index (κ3) is 3.08. The van der Waals surface area contributed by atoms with Gasteiger partial charge in [-0.2, -0.15) is 0 Å². The second-order valence-corrected chi connectivity index (χ2v) is 6.84. The molecule has 5 rings (SSSR count). The molecular weight excluding hydrogens is 366 g/mol. The summed E-state index contributed by atoms with van der Waals surface area (Å²) in [5.41, 5.74) is 4.18. The maximum Gasteiger partial charge on any atom is 0.259 e. The molecule has 1 aliphatic rings. The van der Waals surface area contributed by atoms with Crippen molar-refractivity contribution in [3.05, 3.63) is 72.3 Å². The lowest BCUT2D eigenvalue weighted by Crippen LogP contribution is -2.20. The quantitative estimate of drug-likeness (QED) is 0.572. The number of nitrogens with zero attached hydrogens (tertiary/aromatic N) is 2. The van der Waals surface area contributed by atoms with Crippen molar-refractivity contribution >= 4 is 22.6 Å². The van der Waals surface area contributed by atoms with Crippen molar-refractivity contribution in [2.24, 2.45) is 7.05 Å². The molecule has 144 valence electrons. The molecule has 1 amide bonds. The number of ether oxygens (including phenoxy) is 2. The van der Waals surface area contributed by atoms with Gasteiger partial charge in [-0.15, -0.1) is 0 Å². The van der Waals surface area contributed by atoms with Gasteiger partial charge >= 0.3 is 0 Å². The smallest absolute Gasteiger partial charge is 0.259 e. The van der Waals surface area contributed by atoms with Gasteiger partial charge in [-0.25, -0.2) is 4.98 Å². The number of hydrogen-bond donors (Lipinski definition) is 1. The van der Waals surface area contributed by atoms with Gasteiger partial charge in [0.1, 0.15) is 19.0 Å². The summed E-state index contributed by atoms with van der Waals surface area (Å²) in [6, 6.07) is 21.0. The van der Waals surface area contributed by atoms with Crippen molar-refractivity contribution in [3.63, 3.8) is 0 Å². The van der Waals surface area contributed by atoms with Crippen molar-refractivity contribution in [3.8, 4) is 22.9 Å². The normalized spacial score (nSPS) is 12.7. The van der Waals surface area contributed by atoms with Crippen molar-refractivity contribution in [2.75, 3.05) is 18.5 Å². The van der Waals surface area contributed by atoms with Crippen LogP contribution in [-0.2, 0) is 7.05 Å². The molecule has 1 aliphatic heterocycles. The zero-order valence-corrected chi connectivity index (χ0v) is 15.9. The number of para-hydroxylation sites is 3. The van der Waals surface area contributed by atoms with Crippen LogP contribution in [0.15, 0.2) is 66.7 Å². The van der Waals surface area contributed by atoms with Crippen LogP contribution in [0.3, 0.4) is 0 Å². The Labute approximate surface area is 167 Å². The van der Waals surface area contributed by atoms with E-state index in [1.54, 1.807) is 18.2 Å². The summed E-state index contributed by atoms with van der Waals surface area (Å²) >= 11 is 0. The largest absolute Gasteiger partial charge is 0.486 e. The molecule has 0 atom stereocenters. The summed E-state index contributed by atoms with van der Waals surface area (Å²) in [7, 11) is 2.00. The second-order valence-electron chi connectivity index (χ2n) is 6.84. The van der Waals surface area contributed by atoms with Gasteiger partial charge in [0.05, 0.1) is 16.6 Å². The Morgan fingerprint density at radius 1 is 0.966 bits per heavy atom. The number of rotatable bonds is 3. The fraction of sp³-hybridized carbons (Fsp3) is 0.130. The van der Waals surface area contributed by atoms with Gasteiger partial charge in [-0.3, -0.25) is 4.79 Å². The van der Waals surface area contributed by atoms with E-state index in [9.17, 15) is 4.79 Å². The number of carbonyl (C=O) groups excluding carboxylic acids is 1. The van der Waals surface area contributed by atoms with E-state index in [0.29, 0.717) is 36.0 Å². The fourth-order valence-corrected chi connectivity index (χ4v) is 3.56. The summed E-state index contributed by atoms with van der Waals surface area (Å²) < 4.78 is 13.3. The number of carbonyl (C=O) groups is 1. The van der Waals surface area contributed by atoms with Gasteiger partial charge in [-0.1, -0.05) is 18.2 Å². The standard InChI is InChI=1S/C23H19N3O3/c1-26-19-7-3-2-6-18(19)25-22(26)15-9-11-16(12-10-15)24-23(27)17-5-4-8-20-21(17)29-14-13-28-20/h2-12H,13-14H2,1H3,(H,24,27). The Bertz CT molecular complexity index is 1210. The summed E-state index contributed by atoms with van der Waals surface area (Å²) in [6.45, 7) is 0.922. The van der Waals surface area contributed by atoms with Gasteiger partial charge < -0.3 is 19.4 Å². The first-order valence-corrected chi connectivity index (χ1v) is 9.42. The maximum absolute atomic E-state index is 12.7. The van der Waals surface area contributed by atoms with Crippen LogP contribution < -0.4 is 14.8 Å². The highest BCUT2D eigenvalue weighted by Gasteiger charge is 2.20. The minimum atomic E-state index is -0.233. The second kappa shape index (κ2) is 6.98. The van der Waals surface area contributed by atoms with E-state index in [1.807, 2.05) is 55.6 Å². The van der Waals surface area contributed by atoms with Crippen molar-refractivity contribution in [1.82, 2.24) is 9.55 Å². The molecule has 6 nitrogen and oxygen atoms in total. The number of fused-ring (bicyclic) bond motifs is 2. The number of imidazole rings is 1. The minimum absolute atomic E-state index is 0.233. The lowest BCUT2D eigenvalue weighted by molar-refractivity contribution is 0.101. The predicted octanol–water partition coefficient (Wildman–Crippen LogP) is 4.26. The molecule has 4 aromatic rings. The first kappa shape index (κ1) is 17.3. The molecular formula is C23H19N3O3. The van der Waals surface area contributed by atoms with E-state index in [0.717, 1.165) is 22.4 Å². The van der Waals surface area contributed by atoms with Gasteiger partial charge in [0.15, 0.2) is 11.5 Å². The van der Waals surface area contributed by atoms with Crippen LogP contribution in [-0.4, -0.2) is 28.7 Å². The predicted molar refractivity (Wildman–Crippen MR) is 112 cm³/mol. The summed E-state index contributed by atoms with van der Waals surface area (Å²) in [6.07, 6.45) is 0. The van der Waals surface area contributed by atoms with Crippen LogP contribution in [0.2, 0.25) is 0 Å². The zero-order valence-electron chi connectivity index (χ0n) is 15.9. The molecule has 0 fully saturated rings. The number of amides is 1. The Hall–Kier alpha value is -3.80. The van der Waals surface area contributed by atoms with Crippen LogP contribution in [0.1, 0.15) is 10.4 Å². The van der Waals surface area contributed by atoms with Crippen molar-refractivity contribution in [2.45, 2.75) is 0 Å². The van der Waals surface area contributed by atoms with Crippen LogP contribution >= 0.6 is 0 Å². The monoisotopic (exact) mass is 385 g/mol. The van der Waals surface area contributed by atoms with Crippen LogP contribution in [0.25, 0.3) is 22.4 Å². The third-order valence-electron chi connectivity index (χ3n) is 5.00. The fourth-order valence-electron chi connectivity index (χ4n) is 3.56. The first-order chi connectivity index (χ1) is 14.2. The highest BCUT2D eigenvalue weighted by atomic mass is 16.6. The zero-order chi connectivity index (χ0) is 19.8. The number of nitrogens with one attached hydrogen (secondary N) is 1. The van der Waals surface area contributed by atoms with Gasteiger partial charge in [-0.05, 0) is 48.5 Å². The summed E-state index contributed by atoms with van der Waals surface area (Å²) in [5, 5.41) is 2.93.